The summed E-state index contributed by atoms with van der Waals surface area (Å²) in [5.41, 5.74) is 4.98. The van der Waals surface area contributed by atoms with Crippen LogP contribution in [-0.2, 0) is 4.79 Å². The van der Waals surface area contributed by atoms with Gasteiger partial charge in [0.05, 0.1) is 17.8 Å². The molecule has 10 heteroatoms. The van der Waals surface area contributed by atoms with Gasteiger partial charge < -0.3 is 20.7 Å². The number of amides is 2. The maximum absolute atomic E-state index is 12.3. The van der Waals surface area contributed by atoms with Crippen molar-refractivity contribution in [1.82, 2.24) is 9.80 Å². The topological polar surface area (TPSA) is 87.9 Å². The molecule has 0 aliphatic carbocycles. The minimum absolute atomic E-state index is 0.0659. The molecule has 1 heterocycles. The quantitative estimate of drug-likeness (QED) is 0.814. The highest BCUT2D eigenvalue weighted by Crippen LogP contribution is 2.27. The van der Waals surface area contributed by atoms with E-state index in [9.17, 15) is 22.8 Å². The number of benzene rings is 1. The molecule has 1 aliphatic heterocycles. The summed E-state index contributed by atoms with van der Waals surface area (Å²) in [6.45, 7) is 3.09. The molecule has 0 spiro atoms. The first-order valence-corrected chi connectivity index (χ1v) is 7.54. The van der Waals surface area contributed by atoms with E-state index >= 15 is 0 Å². The van der Waals surface area contributed by atoms with Crippen LogP contribution in [0.1, 0.15) is 10.4 Å². The standard InChI is InChI=1S/C15H19F3N4O3/c1-21-4-6-22(7-5-21)9-13(23)20-12-8-10(25-15(16,17)18)2-3-11(12)14(19)24/h2-3,8H,4-7,9H2,1H3,(H2,19,24)(H,20,23). The van der Waals surface area contributed by atoms with Crippen molar-refractivity contribution >= 4 is 17.5 Å². The largest absolute Gasteiger partial charge is 0.573 e. The molecule has 0 atom stereocenters. The number of likely N-dealkylation sites (N-methyl/N-ethyl adjacent to an activating group) is 1. The molecule has 138 valence electrons. The summed E-state index contributed by atoms with van der Waals surface area (Å²) in [5.74, 6) is -1.86. The zero-order valence-electron chi connectivity index (χ0n) is 13.6. The zero-order valence-corrected chi connectivity index (χ0v) is 13.6. The SMILES string of the molecule is CN1CCN(CC(=O)Nc2cc(OC(F)(F)F)ccc2C(N)=O)CC1. The van der Waals surface area contributed by atoms with Gasteiger partial charge in [0.1, 0.15) is 5.75 Å². The molecule has 1 fully saturated rings. The molecule has 1 aromatic carbocycles. The lowest BCUT2D eigenvalue weighted by Gasteiger charge is -2.31. The second-order valence-electron chi connectivity index (χ2n) is 5.75. The van der Waals surface area contributed by atoms with E-state index in [2.05, 4.69) is 15.0 Å². The third-order valence-electron chi connectivity index (χ3n) is 3.73. The van der Waals surface area contributed by atoms with Gasteiger partial charge in [0.15, 0.2) is 0 Å². The second-order valence-corrected chi connectivity index (χ2v) is 5.75. The number of alkyl halides is 3. The fraction of sp³-hybridized carbons (Fsp3) is 0.467. The van der Waals surface area contributed by atoms with Gasteiger partial charge >= 0.3 is 6.36 Å². The van der Waals surface area contributed by atoms with Gasteiger partial charge in [-0.1, -0.05) is 0 Å². The van der Waals surface area contributed by atoms with Crippen LogP contribution in [0.2, 0.25) is 0 Å². The number of hydrogen-bond donors (Lipinski definition) is 2. The lowest BCUT2D eigenvalue weighted by atomic mass is 10.1. The number of nitrogens with one attached hydrogen (secondary N) is 1. The van der Waals surface area contributed by atoms with Crippen molar-refractivity contribution in [3.63, 3.8) is 0 Å². The van der Waals surface area contributed by atoms with Crippen molar-refractivity contribution < 1.29 is 27.5 Å². The molecule has 0 unspecified atom stereocenters. The highest BCUT2D eigenvalue weighted by molar-refractivity contribution is 6.03. The lowest BCUT2D eigenvalue weighted by Crippen LogP contribution is -2.47. The van der Waals surface area contributed by atoms with E-state index in [0.717, 1.165) is 31.3 Å². The number of nitrogens with zero attached hydrogens (tertiary/aromatic N) is 2. The van der Waals surface area contributed by atoms with Gasteiger partial charge in [0.25, 0.3) is 5.91 Å². The summed E-state index contributed by atoms with van der Waals surface area (Å²) in [4.78, 5) is 27.6. The van der Waals surface area contributed by atoms with Crippen LogP contribution in [0.5, 0.6) is 5.75 Å². The van der Waals surface area contributed by atoms with Crippen LogP contribution in [0, 0.1) is 0 Å². The molecule has 0 radical (unpaired) electrons. The molecular weight excluding hydrogens is 341 g/mol. The summed E-state index contributed by atoms with van der Waals surface area (Å²) >= 11 is 0. The van der Waals surface area contributed by atoms with Crippen molar-refractivity contribution in [1.29, 1.82) is 0 Å². The molecule has 0 saturated carbocycles. The second kappa shape index (κ2) is 7.70. The summed E-state index contributed by atoms with van der Waals surface area (Å²) < 4.78 is 40.8. The first kappa shape index (κ1) is 19.0. The van der Waals surface area contributed by atoms with E-state index < -0.39 is 23.9 Å². The van der Waals surface area contributed by atoms with Gasteiger partial charge in [-0.2, -0.15) is 0 Å². The number of piperazine rings is 1. The number of halogens is 3. The van der Waals surface area contributed by atoms with Gasteiger partial charge in [0.2, 0.25) is 5.91 Å². The maximum Gasteiger partial charge on any atom is 0.573 e. The van der Waals surface area contributed by atoms with E-state index in [-0.39, 0.29) is 17.8 Å². The normalized spacial score (nSPS) is 16.5. The Labute approximate surface area is 142 Å². The molecule has 7 nitrogen and oxygen atoms in total. The minimum Gasteiger partial charge on any atom is -0.406 e. The first-order valence-electron chi connectivity index (χ1n) is 7.54. The fourth-order valence-electron chi connectivity index (χ4n) is 2.44. The highest BCUT2D eigenvalue weighted by atomic mass is 19.4. The maximum atomic E-state index is 12.3. The summed E-state index contributed by atoms with van der Waals surface area (Å²) in [7, 11) is 1.97. The van der Waals surface area contributed by atoms with Gasteiger partial charge in [-0.15, -0.1) is 13.2 Å². The number of carbonyl (C=O) groups excluding carboxylic acids is 2. The van der Waals surface area contributed by atoms with Crippen molar-refractivity contribution in [2.45, 2.75) is 6.36 Å². The average Bonchev–Trinajstić information content (AvgIpc) is 2.47. The van der Waals surface area contributed by atoms with E-state index in [1.165, 1.54) is 0 Å². The Morgan fingerprint density at radius 3 is 2.44 bits per heavy atom. The van der Waals surface area contributed by atoms with Crippen LogP contribution < -0.4 is 15.8 Å². The third kappa shape index (κ3) is 5.91. The number of hydrogen-bond acceptors (Lipinski definition) is 5. The molecule has 2 amide bonds. The molecule has 0 bridgehead atoms. The molecule has 1 saturated heterocycles. The Bertz CT molecular complexity index is 643. The van der Waals surface area contributed by atoms with E-state index in [4.69, 9.17) is 5.73 Å². The minimum atomic E-state index is -4.88. The number of rotatable bonds is 5. The Balaban J connectivity index is 2.08. The van der Waals surface area contributed by atoms with Crippen LogP contribution in [0.4, 0.5) is 18.9 Å². The van der Waals surface area contributed by atoms with Crippen LogP contribution in [0.25, 0.3) is 0 Å². The number of carbonyl (C=O) groups is 2. The summed E-state index contributed by atoms with van der Waals surface area (Å²) in [6, 6.07) is 2.97. The number of anilines is 1. The van der Waals surface area contributed by atoms with Gasteiger partial charge in [-0.05, 0) is 19.2 Å². The van der Waals surface area contributed by atoms with Crippen molar-refractivity contribution in [2.75, 3.05) is 45.1 Å². The van der Waals surface area contributed by atoms with Crippen LogP contribution in [0.15, 0.2) is 18.2 Å². The van der Waals surface area contributed by atoms with Gasteiger partial charge in [-0.3, -0.25) is 14.5 Å². The average molecular weight is 360 g/mol. The van der Waals surface area contributed by atoms with Crippen LogP contribution in [0.3, 0.4) is 0 Å². The third-order valence-corrected chi connectivity index (χ3v) is 3.73. The predicted molar refractivity (Wildman–Crippen MR) is 84.2 cm³/mol. The summed E-state index contributed by atoms with van der Waals surface area (Å²) in [5, 5.41) is 2.43. The van der Waals surface area contributed by atoms with Gasteiger partial charge in [-0.25, -0.2) is 0 Å². The molecule has 0 aromatic heterocycles. The van der Waals surface area contributed by atoms with Crippen molar-refractivity contribution in [3.8, 4) is 5.75 Å². The molecule has 2 rings (SSSR count). The Morgan fingerprint density at radius 1 is 1.24 bits per heavy atom. The zero-order chi connectivity index (χ0) is 18.6. The van der Waals surface area contributed by atoms with Crippen molar-refractivity contribution in [2.24, 2.45) is 5.73 Å². The van der Waals surface area contributed by atoms with E-state index in [1.54, 1.807) is 0 Å². The van der Waals surface area contributed by atoms with Crippen molar-refractivity contribution in [3.05, 3.63) is 23.8 Å². The molecule has 1 aromatic rings. The molecule has 3 N–H and O–H groups in total. The number of ether oxygens (including phenoxy) is 1. The lowest BCUT2D eigenvalue weighted by molar-refractivity contribution is -0.274. The number of nitrogens with two attached hydrogens (primary N) is 1. The Kier molecular flexibility index (Phi) is 5.85. The summed E-state index contributed by atoms with van der Waals surface area (Å²) in [6.07, 6.45) is -4.88. The smallest absolute Gasteiger partial charge is 0.406 e. The molecule has 25 heavy (non-hydrogen) atoms. The van der Waals surface area contributed by atoms with Crippen LogP contribution in [-0.4, -0.2) is 67.7 Å². The monoisotopic (exact) mass is 360 g/mol. The molecule has 1 aliphatic rings. The number of primary amides is 1. The van der Waals surface area contributed by atoms with Crippen LogP contribution >= 0.6 is 0 Å². The first-order chi connectivity index (χ1) is 11.6. The predicted octanol–water partition coefficient (Wildman–Crippen LogP) is 0.870. The fourth-order valence-corrected chi connectivity index (χ4v) is 2.44. The Morgan fingerprint density at radius 2 is 1.88 bits per heavy atom. The van der Waals surface area contributed by atoms with E-state index in [0.29, 0.717) is 13.1 Å². The molecular formula is C15H19F3N4O3. The Hall–Kier alpha value is -2.33. The van der Waals surface area contributed by atoms with E-state index in [1.807, 2.05) is 11.9 Å². The highest BCUT2D eigenvalue weighted by Gasteiger charge is 2.31. The van der Waals surface area contributed by atoms with Gasteiger partial charge in [0, 0.05) is 32.2 Å².